The molecule has 54 heavy (non-hydrogen) atoms. The molecule has 3 fully saturated rings. The number of ether oxygens (including phenoxy) is 2. The second-order valence-corrected chi connectivity index (χ2v) is 14.8. The number of rotatable bonds is 12. The van der Waals surface area contributed by atoms with E-state index < -0.39 is 81.1 Å². The van der Waals surface area contributed by atoms with Crippen LogP contribution >= 0.6 is 11.8 Å². The molecule has 4 aliphatic heterocycles. The summed E-state index contributed by atoms with van der Waals surface area (Å²) in [6, 6.07) is 8.90. The lowest BCUT2D eigenvalue weighted by atomic mass is 9.79. The third-order valence-electron chi connectivity index (χ3n) is 9.93. The number of hydrogen-bond donors (Lipinski definition) is 3. The van der Waals surface area contributed by atoms with Crippen molar-refractivity contribution in [2.24, 2.45) is 11.8 Å². The first-order valence-electron chi connectivity index (χ1n) is 16.9. The molecule has 19 nitrogen and oxygen atoms in total. The molecule has 0 spiro atoms. The number of hydrogen-bond acceptors (Lipinski definition) is 13. The molecule has 286 valence electrons. The van der Waals surface area contributed by atoms with Gasteiger partial charge >= 0.3 is 18.2 Å². The first kappa shape index (κ1) is 38.0. The van der Waals surface area contributed by atoms with E-state index in [4.69, 9.17) is 9.47 Å². The summed E-state index contributed by atoms with van der Waals surface area (Å²) in [6.45, 7) is 3.08. The lowest BCUT2D eigenvalue weighted by molar-refractivity contribution is -0.385. The van der Waals surface area contributed by atoms with Crippen LogP contribution in [0.5, 0.6) is 0 Å². The standard InChI is InChI=1S/C34H36N6O13S/c1-17-27-26(18(2)41)31(43)38(27)28(32(44)45)29(17)54-24-11-25(37(14-24)34(47)53-16-20-5-9-23(10-6-20)40(50)51)30(42)36-12-21(13-36)35-33(46)52-15-19-3-7-22(8-4-19)39(48)49/h3-10,17-18,21,24-27,41H,11-16H2,1-2H3,(H,35,46)(H,44,45)/t17-,18?,24+,25+,26-,27-/m1/s1. The number of thioether (sulfide) groups is 1. The molecule has 4 aliphatic rings. The third-order valence-corrected chi connectivity index (χ3v) is 11.4. The number of alkyl carbamates (subject to hydrolysis) is 1. The minimum absolute atomic E-state index is 0.00772. The fraction of sp³-hybridized carbons (Fsp3) is 0.441. The summed E-state index contributed by atoms with van der Waals surface area (Å²) < 4.78 is 10.7. The van der Waals surface area contributed by atoms with Crippen LogP contribution in [0.15, 0.2) is 59.1 Å². The number of nitrogens with one attached hydrogen (secondary N) is 1. The van der Waals surface area contributed by atoms with Crippen LogP contribution < -0.4 is 5.32 Å². The van der Waals surface area contributed by atoms with E-state index in [1.54, 1.807) is 6.92 Å². The molecule has 20 heteroatoms. The van der Waals surface area contributed by atoms with Crippen molar-refractivity contribution in [3.63, 3.8) is 0 Å². The Morgan fingerprint density at radius 1 is 0.944 bits per heavy atom. The van der Waals surface area contributed by atoms with Crippen LogP contribution in [0.2, 0.25) is 0 Å². The number of carboxylic acids is 1. The lowest BCUT2D eigenvalue weighted by Gasteiger charge is -2.46. The second kappa shape index (κ2) is 15.3. The molecule has 4 amide bonds. The van der Waals surface area contributed by atoms with Gasteiger partial charge in [-0.15, -0.1) is 11.8 Å². The van der Waals surface area contributed by atoms with Gasteiger partial charge < -0.3 is 34.8 Å². The molecule has 1 unspecified atom stereocenters. The van der Waals surface area contributed by atoms with Gasteiger partial charge in [-0.2, -0.15) is 0 Å². The number of nitro benzene ring substituents is 2. The first-order chi connectivity index (χ1) is 25.6. The normalized spacial score (nSPS) is 23.9. The van der Waals surface area contributed by atoms with Crippen LogP contribution in [-0.4, -0.2) is 114 Å². The number of benzene rings is 2. The Kier molecular flexibility index (Phi) is 10.8. The average molecular weight is 769 g/mol. The van der Waals surface area contributed by atoms with E-state index in [1.807, 2.05) is 0 Å². The molecule has 0 bridgehead atoms. The highest BCUT2D eigenvalue weighted by molar-refractivity contribution is 8.03. The maximum atomic E-state index is 13.9. The minimum atomic E-state index is -1.31. The van der Waals surface area contributed by atoms with Crippen molar-refractivity contribution >= 4 is 53.1 Å². The Hall–Kier alpha value is -5.76. The summed E-state index contributed by atoms with van der Waals surface area (Å²) in [4.78, 5) is 90.1. The Labute approximate surface area is 311 Å². The molecule has 0 radical (unpaired) electrons. The predicted octanol–water partition coefficient (Wildman–Crippen LogP) is 2.61. The highest BCUT2D eigenvalue weighted by Crippen LogP contribution is 2.52. The van der Waals surface area contributed by atoms with Gasteiger partial charge in [-0.25, -0.2) is 14.4 Å². The summed E-state index contributed by atoms with van der Waals surface area (Å²) in [5.41, 5.74) is 0.578. The molecule has 0 saturated carbocycles. The largest absolute Gasteiger partial charge is 0.477 e. The van der Waals surface area contributed by atoms with Crippen molar-refractivity contribution in [1.82, 2.24) is 20.0 Å². The zero-order valence-corrected chi connectivity index (χ0v) is 29.7. The SMILES string of the molecule is CC(O)[C@H]1C(=O)N2C(C(=O)O)=C(S[C@H]3C[C@@H](C(=O)N4CC(NC(=O)OCc5ccc([N+](=O)[O-])cc5)C4)N(C(=O)OCc4ccc([N+](=O)[O-])cc4)C3)[C@H](C)[C@H]12. The molecule has 4 heterocycles. The topological polar surface area (TPSA) is 252 Å². The Morgan fingerprint density at radius 2 is 1.50 bits per heavy atom. The number of carbonyl (C=O) groups is 5. The quantitative estimate of drug-likeness (QED) is 0.160. The fourth-order valence-electron chi connectivity index (χ4n) is 7.15. The molecule has 2 aromatic rings. The second-order valence-electron chi connectivity index (χ2n) is 13.5. The smallest absolute Gasteiger partial charge is 0.410 e. The number of non-ortho nitro benzene ring substituents is 2. The summed E-state index contributed by atoms with van der Waals surface area (Å²) in [7, 11) is 0. The van der Waals surface area contributed by atoms with Crippen molar-refractivity contribution in [2.45, 2.75) is 63.0 Å². The van der Waals surface area contributed by atoms with E-state index in [-0.39, 0.29) is 56.3 Å². The van der Waals surface area contributed by atoms with Crippen LogP contribution in [0.4, 0.5) is 21.0 Å². The molecule has 3 saturated heterocycles. The highest BCUT2D eigenvalue weighted by Gasteiger charge is 2.60. The van der Waals surface area contributed by atoms with Crippen molar-refractivity contribution in [3.8, 4) is 0 Å². The van der Waals surface area contributed by atoms with Gasteiger partial charge in [0.25, 0.3) is 11.4 Å². The van der Waals surface area contributed by atoms with Gasteiger partial charge in [0, 0.05) is 60.0 Å². The number of aliphatic hydroxyl groups is 1. The summed E-state index contributed by atoms with van der Waals surface area (Å²) >= 11 is 1.17. The van der Waals surface area contributed by atoms with E-state index in [0.29, 0.717) is 16.0 Å². The van der Waals surface area contributed by atoms with E-state index >= 15 is 0 Å². The predicted molar refractivity (Wildman–Crippen MR) is 186 cm³/mol. The van der Waals surface area contributed by atoms with Gasteiger partial charge in [0.2, 0.25) is 11.8 Å². The molecule has 2 aromatic carbocycles. The number of β-lactam (4-membered cyclic amide) rings is 1. The monoisotopic (exact) mass is 768 g/mol. The zero-order valence-electron chi connectivity index (χ0n) is 28.9. The van der Waals surface area contributed by atoms with Gasteiger partial charge in [0.15, 0.2) is 0 Å². The number of fused-ring (bicyclic) bond motifs is 1. The van der Waals surface area contributed by atoms with Crippen molar-refractivity contribution < 1.29 is 53.5 Å². The van der Waals surface area contributed by atoms with Gasteiger partial charge in [-0.3, -0.25) is 34.7 Å². The van der Waals surface area contributed by atoms with E-state index in [2.05, 4.69) is 5.32 Å². The van der Waals surface area contributed by atoms with Crippen LogP contribution in [0, 0.1) is 32.1 Å². The number of nitrogens with zero attached hydrogens (tertiary/aromatic N) is 5. The van der Waals surface area contributed by atoms with Crippen molar-refractivity contribution in [3.05, 3.63) is 90.5 Å². The Balaban J connectivity index is 1.11. The maximum Gasteiger partial charge on any atom is 0.410 e. The van der Waals surface area contributed by atoms with E-state index in [0.717, 1.165) is 0 Å². The zero-order chi connectivity index (χ0) is 39.0. The number of nitro groups is 2. The summed E-state index contributed by atoms with van der Waals surface area (Å²) in [6.07, 6.45) is -2.46. The molecule has 3 N–H and O–H groups in total. The molecule has 6 atom stereocenters. The van der Waals surface area contributed by atoms with Crippen LogP contribution in [0.3, 0.4) is 0 Å². The lowest BCUT2D eigenvalue weighted by Crippen LogP contribution is -2.64. The highest BCUT2D eigenvalue weighted by atomic mass is 32.2. The van der Waals surface area contributed by atoms with Crippen molar-refractivity contribution in [1.29, 1.82) is 0 Å². The molecular weight excluding hydrogens is 732 g/mol. The Morgan fingerprint density at radius 3 is 2.02 bits per heavy atom. The summed E-state index contributed by atoms with van der Waals surface area (Å²) in [5, 5.41) is 44.3. The van der Waals surface area contributed by atoms with Gasteiger partial charge in [0.1, 0.15) is 25.0 Å². The first-order valence-corrected chi connectivity index (χ1v) is 17.8. The number of likely N-dealkylation sites (tertiary alicyclic amines) is 2. The fourth-order valence-corrected chi connectivity index (χ4v) is 8.67. The molecule has 0 aromatic heterocycles. The maximum absolute atomic E-state index is 13.9. The Bertz CT molecular complexity index is 1900. The number of amides is 4. The number of carboxylic acid groups (broad SMARTS) is 1. The minimum Gasteiger partial charge on any atom is -0.477 e. The number of carbonyl (C=O) groups excluding carboxylic acids is 4. The third kappa shape index (κ3) is 7.51. The van der Waals surface area contributed by atoms with Gasteiger partial charge in [0.05, 0.1) is 34.0 Å². The van der Waals surface area contributed by atoms with Crippen LogP contribution in [-0.2, 0) is 37.1 Å². The van der Waals surface area contributed by atoms with Crippen molar-refractivity contribution in [2.75, 3.05) is 19.6 Å². The molecule has 6 rings (SSSR count). The number of aliphatic hydroxyl groups excluding tert-OH is 1. The van der Waals surface area contributed by atoms with E-state index in [1.165, 1.54) is 81.9 Å². The van der Waals surface area contributed by atoms with Gasteiger partial charge in [-0.1, -0.05) is 6.92 Å². The summed E-state index contributed by atoms with van der Waals surface area (Å²) in [5.74, 6) is -3.41. The van der Waals surface area contributed by atoms with Crippen LogP contribution in [0.1, 0.15) is 31.4 Å². The van der Waals surface area contributed by atoms with E-state index in [9.17, 15) is 54.4 Å². The molecular formula is C34H36N6O13S. The number of aliphatic carboxylic acids is 1. The van der Waals surface area contributed by atoms with Gasteiger partial charge in [-0.05, 0) is 48.7 Å². The van der Waals surface area contributed by atoms with Crippen LogP contribution in [0.25, 0.3) is 0 Å². The average Bonchev–Trinajstić information content (AvgIpc) is 3.64. The molecule has 0 aliphatic carbocycles.